The summed E-state index contributed by atoms with van der Waals surface area (Å²) < 4.78 is 7.07. The smallest absolute Gasteiger partial charge is 0.255 e. The Balaban J connectivity index is 0.000000244. The summed E-state index contributed by atoms with van der Waals surface area (Å²) in [5.74, 6) is 3.14. The van der Waals surface area contributed by atoms with E-state index in [0.29, 0.717) is 13.0 Å². The van der Waals surface area contributed by atoms with Crippen LogP contribution in [0.15, 0.2) is 183 Å². The predicted molar refractivity (Wildman–Crippen MR) is 346 cm³/mol. The maximum Gasteiger partial charge on any atom is 0.255 e. The Morgan fingerprint density at radius 2 is 1.07 bits per heavy atom. The molecule has 2 fully saturated rings. The van der Waals surface area contributed by atoms with Crippen molar-refractivity contribution in [3.05, 3.63) is 228 Å². The van der Waals surface area contributed by atoms with Gasteiger partial charge in [0.15, 0.2) is 0 Å². The lowest BCUT2D eigenvalue weighted by Gasteiger charge is -2.26. The van der Waals surface area contributed by atoms with Gasteiger partial charge in [-0.25, -0.2) is 0 Å². The molecule has 3 aliphatic heterocycles. The van der Waals surface area contributed by atoms with Gasteiger partial charge in [0.1, 0.15) is 0 Å². The quantitative estimate of drug-likeness (QED) is 0.0467. The normalized spacial score (nSPS) is 18.6. The highest BCUT2D eigenvalue weighted by Crippen LogP contribution is 2.37. The maximum atomic E-state index is 11.5. The van der Waals surface area contributed by atoms with Crippen LogP contribution >= 0.6 is 69.4 Å². The molecule has 8 atom stereocenters. The first-order valence-corrected chi connectivity index (χ1v) is 29.8. The van der Waals surface area contributed by atoms with Crippen molar-refractivity contribution in [3.63, 3.8) is 0 Å². The maximum absolute atomic E-state index is 11.5. The van der Waals surface area contributed by atoms with Crippen LogP contribution in [0, 0.1) is 23.7 Å². The van der Waals surface area contributed by atoms with Gasteiger partial charge in [-0.05, 0) is 132 Å². The van der Waals surface area contributed by atoms with Crippen LogP contribution < -0.4 is 5.32 Å². The number of alkyl halides is 2. The molecule has 0 bridgehead atoms. The second-order valence-corrected chi connectivity index (χ2v) is 22.6. The van der Waals surface area contributed by atoms with Gasteiger partial charge in [-0.15, -0.1) is 13.2 Å². The largest absolute Gasteiger partial charge is 0.320 e. The number of amides is 3. The van der Waals surface area contributed by atoms with Gasteiger partial charge in [-0.3, -0.25) is 28.4 Å². The predicted octanol–water partition coefficient (Wildman–Crippen LogP) is 13.7. The summed E-state index contributed by atoms with van der Waals surface area (Å²) in [6, 6.07) is 46.3. The van der Waals surface area contributed by atoms with Crippen LogP contribution in [-0.4, -0.2) is 82.2 Å². The van der Waals surface area contributed by atoms with Crippen LogP contribution in [0.5, 0.6) is 0 Å². The van der Waals surface area contributed by atoms with E-state index >= 15 is 0 Å². The minimum absolute atomic E-state index is 0. The number of hydrogen-bond donors (Lipinski definition) is 1. The molecule has 2 aliphatic carbocycles. The summed E-state index contributed by atoms with van der Waals surface area (Å²) in [6.07, 6.45) is 19.7. The third kappa shape index (κ3) is 22.4. The molecule has 8 unspecified atom stereocenters. The SMILES string of the molecule is BrCc1ccccc1CBr.C.C=CCN(P)C(=O)/C=C/c1ccccc1.C=CCN(P)C/C=C/c1ccccc1.O=C1C=CCC(=O)N1P.PN1CC2Cc3ccccc3CC2C1.[2HH].c1ccc2c(c1)CC1CNCC1C2. The molecule has 0 saturated carbocycles. The van der Waals surface area contributed by atoms with Crippen molar-refractivity contribution in [1.29, 1.82) is 0 Å². The third-order valence-corrected chi connectivity index (χ3v) is 16.4. The van der Waals surface area contributed by atoms with Crippen LogP contribution in [0.25, 0.3) is 12.2 Å². The van der Waals surface area contributed by atoms with Crippen molar-refractivity contribution in [1.82, 2.24) is 24.0 Å². The first-order valence-electron chi connectivity index (χ1n) is 25.5. The Bertz CT molecular complexity index is 2580. The topological polar surface area (TPSA) is 76.2 Å². The second kappa shape index (κ2) is 36.2. The fourth-order valence-electron chi connectivity index (χ4n) is 9.31. The summed E-state index contributed by atoms with van der Waals surface area (Å²) in [4.78, 5) is 32.7. The van der Waals surface area contributed by atoms with Gasteiger partial charge in [0.05, 0.1) is 0 Å². The third-order valence-electron chi connectivity index (χ3n) is 13.4. The number of benzene rings is 5. The monoisotopic (exact) mass is 1230 g/mol. The molecule has 3 amide bonds. The van der Waals surface area contributed by atoms with E-state index in [1.165, 1.54) is 79.3 Å². The Kier molecular flexibility index (Phi) is 30.7. The van der Waals surface area contributed by atoms with E-state index in [4.69, 9.17) is 0 Å². The standard InChI is InChI=1S/C12H14NOP.2C12H16NP.C12H15N.C8H8Br2.C5H6NO2P.CH4.H2/c1-2-10-13(15)12(14)9-8-11-6-4-3-5-7-11;14-13-7-11-5-9-3-1-2-4-10(9)6-12(11)8-13;1-2-10-13(14)11-6-9-12-7-4-3-5-8-12;1-2-4-10-6-12-8-13-7-11(12)5-9(10)3-1;9-5-7-3-1-2-4-8(7)6-10;7-4-2-1-3-5(8)6(4)9;;/h2-9H,1,10,15H2;1-4,11-12H,5-8,14H2;2-9H,1,10-11,14H2;1-4,11-13H,5-8H2;1-4H,5-6H2;1-2H,3,9H2;1H4;1H/b9-8+;;9-6+;;;;;/i;;;;;;;1+1. The number of imide groups is 1. The zero-order valence-electron chi connectivity index (χ0n) is 43.0. The van der Waals surface area contributed by atoms with Gasteiger partial charge in [-0.1, -0.05) is 222 Å². The average molecular weight is 1230 g/mol. The lowest BCUT2D eigenvalue weighted by molar-refractivity contribution is -0.135. The Morgan fingerprint density at radius 3 is 1.50 bits per heavy atom. The highest BCUT2D eigenvalue weighted by molar-refractivity contribution is 9.09. The first kappa shape index (κ1) is 64.5. The zero-order valence-corrected chi connectivity index (χ0v) is 50.8. The summed E-state index contributed by atoms with van der Waals surface area (Å²) >= 11 is 6.86. The Morgan fingerprint density at radius 1 is 0.632 bits per heavy atom. The molecular weight excluding hydrogens is 1150 g/mol. The number of nitrogens with zero attached hydrogens (tertiary/aromatic N) is 4. The van der Waals surface area contributed by atoms with E-state index in [-0.39, 0.29) is 26.6 Å². The van der Waals surface area contributed by atoms with E-state index < -0.39 is 0 Å². The molecule has 0 aromatic heterocycles. The van der Waals surface area contributed by atoms with Crippen molar-refractivity contribution in [3.8, 4) is 0 Å². The molecule has 3 heterocycles. The molecule has 76 heavy (non-hydrogen) atoms. The molecule has 0 radical (unpaired) electrons. The molecule has 5 aromatic carbocycles. The second-order valence-electron chi connectivity index (χ2n) is 18.8. The van der Waals surface area contributed by atoms with Gasteiger partial charge in [-0.2, -0.15) is 0 Å². The Labute approximate surface area is 483 Å². The van der Waals surface area contributed by atoms with E-state index in [2.05, 4.69) is 194 Å². The van der Waals surface area contributed by atoms with Gasteiger partial charge in [0.25, 0.3) is 5.91 Å². The molecule has 5 aromatic rings. The fraction of sp³-hybridized carbons (Fsp3) is 0.306. The minimum atomic E-state index is -0.267. The number of carbonyl (C=O) groups excluding carboxylic acids is 3. The lowest BCUT2D eigenvalue weighted by Crippen LogP contribution is -2.28. The molecular formula is C62H81Br2N5O3P4. The van der Waals surface area contributed by atoms with Gasteiger partial charge < -0.3 is 9.99 Å². The van der Waals surface area contributed by atoms with E-state index in [9.17, 15) is 14.4 Å². The molecule has 8 nitrogen and oxygen atoms in total. The molecule has 0 spiro atoms. The van der Waals surface area contributed by atoms with Crippen LogP contribution in [0.2, 0.25) is 0 Å². The Hall–Kier alpha value is -4.03. The summed E-state index contributed by atoms with van der Waals surface area (Å²) in [5.41, 5.74) is 11.3. The molecule has 1 N–H and O–H groups in total. The van der Waals surface area contributed by atoms with Crippen molar-refractivity contribution in [2.45, 2.75) is 50.2 Å². The van der Waals surface area contributed by atoms with Crippen molar-refractivity contribution in [2.24, 2.45) is 23.7 Å². The zero-order chi connectivity index (χ0) is 53.8. The molecule has 2 saturated heterocycles. The summed E-state index contributed by atoms with van der Waals surface area (Å²) in [5, 5.41) is 5.38. The molecule has 14 heteroatoms. The number of carbonyl (C=O) groups is 3. The van der Waals surface area contributed by atoms with Crippen molar-refractivity contribution >= 4 is 99.3 Å². The number of fused-ring (bicyclic) bond motifs is 4. The summed E-state index contributed by atoms with van der Waals surface area (Å²) in [6.45, 7) is 14.6. The molecule has 10 rings (SSSR count). The van der Waals surface area contributed by atoms with Crippen LogP contribution in [0.4, 0.5) is 0 Å². The van der Waals surface area contributed by atoms with Crippen molar-refractivity contribution in [2.75, 3.05) is 45.8 Å². The average Bonchev–Trinajstić information content (AvgIpc) is 4.07. The molecule has 406 valence electrons. The van der Waals surface area contributed by atoms with Crippen LogP contribution in [0.1, 0.15) is 59.8 Å². The number of hydrogen-bond acceptors (Lipinski definition) is 6. The van der Waals surface area contributed by atoms with Crippen LogP contribution in [0.3, 0.4) is 0 Å². The van der Waals surface area contributed by atoms with E-state index in [1.54, 1.807) is 46.6 Å². The number of rotatable bonds is 11. The van der Waals surface area contributed by atoms with Crippen molar-refractivity contribution < 1.29 is 15.8 Å². The number of halogens is 2. The summed E-state index contributed by atoms with van der Waals surface area (Å²) in [7, 11) is 9.97. The molecule has 5 aliphatic rings. The van der Waals surface area contributed by atoms with E-state index in [1.807, 2.05) is 54.6 Å². The first-order chi connectivity index (χ1) is 36.4. The highest BCUT2D eigenvalue weighted by atomic mass is 79.9. The van der Waals surface area contributed by atoms with Crippen LogP contribution in [-0.2, 0) is 50.7 Å². The van der Waals surface area contributed by atoms with Gasteiger partial charge in [0, 0.05) is 63.4 Å². The lowest BCUT2D eigenvalue weighted by atomic mass is 9.78. The number of nitrogens with one attached hydrogen (secondary N) is 1. The minimum Gasteiger partial charge on any atom is -0.320 e. The highest BCUT2D eigenvalue weighted by Gasteiger charge is 2.35. The van der Waals surface area contributed by atoms with E-state index in [0.717, 1.165) is 57.7 Å². The van der Waals surface area contributed by atoms with Gasteiger partial charge >= 0.3 is 0 Å². The fourth-order valence-corrected chi connectivity index (χ4v) is 11.6. The van der Waals surface area contributed by atoms with Gasteiger partial charge in [0.2, 0.25) is 11.8 Å².